The summed E-state index contributed by atoms with van der Waals surface area (Å²) in [6.07, 6.45) is 4.16. The van der Waals surface area contributed by atoms with Crippen molar-refractivity contribution in [3.8, 4) is 0 Å². The molecule has 0 unspecified atom stereocenters. The summed E-state index contributed by atoms with van der Waals surface area (Å²) in [7, 11) is -4.24. The van der Waals surface area contributed by atoms with Crippen LogP contribution in [0.25, 0.3) is 0 Å². The molecule has 28 heavy (non-hydrogen) atoms. The van der Waals surface area contributed by atoms with Crippen molar-refractivity contribution in [2.24, 2.45) is 0 Å². The number of hydrogen-bond donors (Lipinski definition) is 3. The van der Waals surface area contributed by atoms with Gasteiger partial charge in [-0.25, -0.2) is 13.9 Å². The fourth-order valence-electron chi connectivity index (χ4n) is 4.13. The van der Waals surface area contributed by atoms with Crippen LogP contribution >= 0.6 is 0 Å². The van der Waals surface area contributed by atoms with E-state index in [1.54, 1.807) is 0 Å². The van der Waals surface area contributed by atoms with Gasteiger partial charge in [-0.3, -0.25) is 0 Å². The topological polar surface area (TPSA) is 109 Å². The van der Waals surface area contributed by atoms with Gasteiger partial charge < -0.3 is 14.8 Å². The molecule has 2 aliphatic rings. The van der Waals surface area contributed by atoms with Gasteiger partial charge in [0.1, 0.15) is 11.6 Å². The van der Waals surface area contributed by atoms with E-state index in [-0.39, 0.29) is 18.2 Å². The number of amides is 2. The number of hydrogen-bond acceptors (Lipinski definition) is 5. The Bertz CT molecular complexity index is 1040. The molecule has 0 bridgehead atoms. The minimum Gasteiger partial charge on any atom is -0.448 e. The largest absolute Gasteiger partial charge is 0.448 e. The summed E-state index contributed by atoms with van der Waals surface area (Å²) in [5, 5.41) is 11.4. The summed E-state index contributed by atoms with van der Waals surface area (Å²) in [4.78, 5) is 12.5. The Hall–Kier alpha value is -2.39. The Labute approximate surface area is 162 Å². The van der Waals surface area contributed by atoms with Crippen LogP contribution in [0.5, 0.6) is 0 Å². The molecular formula is C19H21FN2O5S. The number of sulfonamides is 1. The quantitative estimate of drug-likeness (QED) is 0.721. The smallest absolute Gasteiger partial charge is 0.333 e. The van der Waals surface area contributed by atoms with E-state index in [1.165, 1.54) is 13.0 Å². The van der Waals surface area contributed by atoms with Crippen molar-refractivity contribution < 1.29 is 27.1 Å². The molecule has 3 N–H and O–H groups in total. The molecule has 9 heteroatoms. The number of carbonyl (C=O) groups excluding carboxylic acids is 1. The third-order valence-electron chi connectivity index (χ3n) is 5.47. The Morgan fingerprint density at radius 1 is 1.14 bits per heavy atom. The van der Waals surface area contributed by atoms with Gasteiger partial charge in [-0.15, -0.1) is 0 Å². The highest BCUT2D eigenvalue weighted by Gasteiger charge is 2.31. The molecule has 7 nitrogen and oxygen atoms in total. The Morgan fingerprint density at radius 2 is 1.71 bits per heavy atom. The minimum atomic E-state index is -4.24. The van der Waals surface area contributed by atoms with Gasteiger partial charge in [-0.05, 0) is 67.7 Å². The molecule has 2 aromatic rings. The first-order valence-corrected chi connectivity index (χ1v) is 10.7. The van der Waals surface area contributed by atoms with E-state index in [0.717, 1.165) is 24.0 Å². The third kappa shape index (κ3) is 3.08. The number of aliphatic hydroxyl groups is 1. The van der Waals surface area contributed by atoms with Gasteiger partial charge in [-0.2, -0.15) is 8.42 Å². The van der Waals surface area contributed by atoms with Crippen molar-refractivity contribution in [3.05, 3.63) is 45.5 Å². The van der Waals surface area contributed by atoms with E-state index in [4.69, 9.17) is 4.42 Å². The molecule has 0 saturated heterocycles. The third-order valence-corrected chi connectivity index (χ3v) is 6.65. The molecule has 1 aromatic heterocycles. The number of furan rings is 1. The van der Waals surface area contributed by atoms with Crippen molar-refractivity contribution >= 4 is 21.7 Å². The van der Waals surface area contributed by atoms with Crippen LogP contribution < -0.4 is 10.0 Å². The summed E-state index contributed by atoms with van der Waals surface area (Å²) < 4.78 is 46.6. The predicted molar refractivity (Wildman–Crippen MR) is 99.2 cm³/mol. The molecule has 0 aliphatic heterocycles. The van der Waals surface area contributed by atoms with Crippen LogP contribution in [0.1, 0.15) is 46.4 Å². The molecule has 0 atom stereocenters. The summed E-state index contributed by atoms with van der Waals surface area (Å²) >= 11 is 0. The molecule has 4 rings (SSSR count). The monoisotopic (exact) mass is 408 g/mol. The lowest BCUT2D eigenvalue weighted by Crippen LogP contribution is -2.34. The summed E-state index contributed by atoms with van der Waals surface area (Å²) in [5.41, 5.74) is 3.67. The molecule has 0 spiro atoms. The van der Waals surface area contributed by atoms with Gasteiger partial charge in [0.05, 0.1) is 6.61 Å². The van der Waals surface area contributed by atoms with Gasteiger partial charge in [0.2, 0.25) is 5.09 Å². The highest BCUT2D eigenvalue weighted by Crippen LogP contribution is 2.40. The van der Waals surface area contributed by atoms with Crippen LogP contribution in [0, 0.1) is 12.7 Å². The number of aryl methyl sites for hydroxylation is 1. The van der Waals surface area contributed by atoms with E-state index >= 15 is 0 Å². The number of benzene rings is 1. The second kappa shape index (κ2) is 6.89. The van der Waals surface area contributed by atoms with Gasteiger partial charge in [0, 0.05) is 17.3 Å². The van der Waals surface area contributed by atoms with Crippen molar-refractivity contribution in [1.82, 2.24) is 4.72 Å². The number of nitrogens with one attached hydrogen (secondary N) is 2. The summed E-state index contributed by atoms with van der Waals surface area (Å²) in [6, 6.07) is 0.257. The molecule has 0 fully saturated rings. The first-order chi connectivity index (χ1) is 13.3. The first kappa shape index (κ1) is 18.9. The summed E-state index contributed by atoms with van der Waals surface area (Å²) in [6.45, 7) is 1.15. The number of urea groups is 1. The van der Waals surface area contributed by atoms with Crippen LogP contribution in [0.2, 0.25) is 0 Å². The van der Waals surface area contributed by atoms with Crippen LogP contribution in [0.4, 0.5) is 14.9 Å². The average molecular weight is 408 g/mol. The first-order valence-electron chi connectivity index (χ1n) is 9.20. The Balaban J connectivity index is 1.61. The molecule has 0 saturated carbocycles. The maximum atomic E-state index is 14.7. The van der Waals surface area contributed by atoms with Crippen molar-refractivity contribution in [2.45, 2.75) is 57.1 Å². The highest BCUT2D eigenvalue weighted by molar-refractivity contribution is 7.89. The number of anilines is 1. The Kier molecular flexibility index (Phi) is 4.67. The van der Waals surface area contributed by atoms with E-state index in [0.29, 0.717) is 48.1 Å². The molecule has 2 aliphatic carbocycles. The zero-order valence-corrected chi connectivity index (χ0v) is 16.2. The van der Waals surface area contributed by atoms with Crippen LogP contribution in [0.15, 0.2) is 15.6 Å². The van der Waals surface area contributed by atoms with E-state index < -0.39 is 21.1 Å². The van der Waals surface area contributed by atoms with Crippen LogP contribution in [0.3, 0.4) is 0 Å². The second-order valence-corrected chi connectivity index (χ2v) is 8.79. The molecule has 2 amide bonds. The van der Waals surface area contributed by atoms with E-state index in [2.05, 4.69) is 5.32 Å². The summed E-state index contributed by atoms with van der Waals surface area (Å²) in [5.74, 6) is 0.0960. The van der Waals surface area contributed by atoms with Gasteiger partial charge in [0.15, 0.2) is 0 Å². The minimum absolute atomic E-state index is 0.166. The number of halogens is 1. The average Bonchev–Trinajstić information content (AvgIpc) is 3.37. The zero-order valence-electron chi connectivity index (χ0n) is 15.4. The number of rotatable bonds is 4. The lowest BCUT2D eigenvalue weighted by molar-refractivity contribution is 0.256. The normalized spacial score (nSPS) is 15.4. The fraction of sp³-hybridized carbons (Fsp3) is 0.421. The maximum Gasteiger partial charge on any atom is 0.333 e. The molecule has 1 aromatic carbocycles. The fourth-order valence-corrected chi connectivity index (χ4v) is 5.06. The Morgan fingerprint density at radius 3 is 2.25 bits per heavy atom. The molecule has 1 heterocycles. The molecule has 150 valence electrons. The van der Waals surface area contributed by atoms with Crippen molar-refractivity contribution in [3.63, 3.8) is 0 Å². The van der Waals surface area contributed by atoms with Crippen LogP contribution in [-0.2, 0) is 42.3 Å². The standard InChI is InChI=1S/C19H21FN2O5S/c1-10-11(9-23)8-16(27-10)28(25,26)22-19(24)21-18-14-6-2-4-12(14)17(20)13-5-3-7-15(13)18/h8,23H,2-7,9H2,1H3,(H2,21,22,24). The van der Waals surface area contributed by atoms with Crippen molar-refractivity contribution in [2.75, 3.05) is 5.32 Å². The van der Waals surface area contributed by atoms with E-state index in [1.807, 2.05) is 4.72 Å². The van der Waals surface area contributed by atoms with Crippen molar-refractivity contribution in [1.29, 1.82) is 0 Å². The number of fused-ring (bicyclic) bond motifs is 2. The lowest BCUT2D eigenvalue weighted by atomic mass is 9.98. The van der Waals surface area contributed by atoms with Gasteiger partial charge in [0.25, 0.3) is 10.0 Å². The molecular weight excluding hydrogens is 387 g/mol. The maximum absolute atomic E-state index is 14.7. The number of carbonyl (C=O) groups is 1. The van der Waals surface area contributed by atoms with E-state index in [9.17, 15) is 22.7 Å². The lowest BCUT2D eigenvalue weighted by Gasteiger charge is -2.17. The predicted octanol–water partition coefficient (Wildman–Crippen LogP) is 2.71. The number of aliphatic hydroxyl groups excluding tert-OH is 1. The highest BCUT2D eigenvalue weighted by atomic mass is 32.2. The van der Waals surface area contributed by atoms with Crippen LogP contribution in [-0.4, -0.2) is 19.6 Å². The van der Waals surface area contributed by atoms with Gasteiger partial charge >= 0.3 is 6.03 Å². The molecule has 0 radical (unpaired) electrons. The second-order valence-electron chi connectivity index (χ2n) is 7.17. The SMILES string of the molecule is Cc1oc(S(=O)(=O)NC(=O)Nc2c3c(c(F)c4c2CCC4)CCC3)cc1CO. The van der Waals surface area contributed by atoms with Gasteiger partial charge in [-0.1, -0.05) is 0 Å². The zero-order chi connectivity index (χ0) is 20.1.